The zero-order valence-electron chi connectivity index (χ0n) is 12.0. The minimum Gasteiger partial charge on any atom is -0.394 e. The molecule has 0 bridgehead atoms. The highest BCUT2D eigenvalue weighted by molar-refractivity contribution is 6.55. The summed E-state index contributed by atoms with van der Waals surface area (Å²) in [5, 5.41) is 16.5. The molecule has 5 nitrogen and oxygen atoms in total. The lowest BCUT2D eigenvalue weighted by Crippen LogP contribution is -2.09. The molecule has 0 amide bonds. The normalized spacial score (nSPS) is 10.3. The summed E-state index contributed by atoms with van der Waals surface area (Å²) in [4.78, 5) is 0. The van der Waals surface area contributed by atoms with Crippen molar-refractivity contribution < 1.29 is 24.4 Å². The van der Waals surface area contributed by atoms with Crippen molar-refractivity contribution in [2.75, 3.05) is 53.4 Å². The zero-order valence-corrected chi connectivity index (χ0v) is 13.0. The van der Waals surface area contributed by atoms with Gasteiger partial charge in [-0.2, -0.15) is 0 Å². The summed E-state index contributed by atoms with van der Waals surface area (Å²) >= 11 is 0. The molecule has 0 aromatic heterocycles. The molecule has 111 valence electrons. The van der Waals surface area contributed by atoms with E-state index in [0.717, 1.165) is 6.61 Å². The molecule has 0 aromatic carbocycles. The van der Waals surface area contributed by atoms with Crippen LogP contribution in [0, 0.1) is 0 Å². The molecule has 6 heteroatoms. The molecule has 0 rings (SSSR count). The van der Waals surface area contributed by atoms with E-state index in [1.54, 1.807) is 7.11 Å². The van der Waals surface area contributed by atoms with Crippen molar-refractivity contribution in [1.82, 2.24) is 0 Å². The first kappa shape index (κ1) is 20.3. The van der Waals surface area contributed by atoms with E-state index >= 15 is 0 Å². The standard InChI is InChI=1S/C6H14O4.C6H15OSi/c7-1-3-9-5-6-10-4-2-8;1-7-5-4-6-8(2)3/h7-8H,1-6H2;4-6H2,1-3H3. The van der Waals surface area contributed by atoms with E-state index in [2.05, 4.69) is 13.1 Å². The number of ether oxygens (including phenoxy) is 3. The van der Waals surface area contributed by atoms with Crippen LogP contribution in [0.2, 0.25) is 19.1 Å². The molecule has 0 saturated carbocycles. The zero-order chi connectivity index (χ0) is 14.1. The molecule has 0 aliphatic heterocycles. The van der Waals surface area contributed by atoms with Crippen LogP contribution in [-0.2, 0) is 14.2 Å². The third-order valence-electron chi connectivity index (χ3n) is 1.87. The minimum absolute atomic E-state index is 0.0129. The van der Waals surface area contributed by atoms with Crippen LogP contribution in [0.1, 0.15) is 6.42 Å². The lowest BCUT2D eigenvalue weighted by atomic mass is 10.5. The van der Waals surface area contributed by atoms with Crippen molar-refractivity contribution in [2.45, 2.75) is 25.6 Å². The van der Waals surface area contributed by atoms with Gasteiger partial charge in [-0.15, -0.1) is 0 Å². The van der Waals surface area contributed by atoms with E-state index in [1.165, 1.54) is 12.5 Å². The van der Waals surface area contributed by atoms with Gasteiger partial charge in [0.25, 0.3) is 0 Å². The SMILES string of the molecule is COCCC[Si](C)C.OCCOCCOCCO. The van der Waals surface area contributed by atoms with Gasteiger partial charge in [-0.1, -0.05) is 19.1 Å². The molecule has 0 aromatic rings. The summed E-state index contributed by atoms with van der Waals surface area (Å²) < 4.78 is 14.7. The fraction of sp³-hybridized carbons (Fsp3) is 1.00. The first-order valence-electron chi connectivity index (χ1n) is 6.34. The average Bonchev–Trinajstić information content (AvgIpc) is 2.34. The molecule has 0 fully saturated rings. The van der Waals surface area contributed by atoms with Crippen LogP contribution in [0.5, 0.6) is 0 Å². The van der Waals surface area contributed by atoms with Crippen LogP contribution in [0.25, 0.3) is 0 Å². The van der Waals surface area contributed by atoms with Crippen LogP contribution in [0.4, 0.5) is 0 Å². The third kappa shape index (κ3) is 25.0. The molecule has 0 spiro atoms. The molecule has 0 heterocycles. The highest BCUT2D eigenvalue weighted by Crippen LogP contribution is 1.95. The van der Waals surface area contributed by atoms with Crippen LogP contribution in [0.3, 0.4) is 0 Å². The van der Waals surface area contributed by atoms with E-state index in [4.69, 9.17) is 24.4 Å². The second kappa shape index (κ2) is 19.4. The quantitative estimate of drug-likeness (QED) is 0.433. The maximum absolute atomic E-state index is 8.26. The lowest BCUT2D eigenvalue weighted by molar-refractivity contribution is 0.0222. The second-order valence-corrected chi connectivity index (χ2v) is 6.89. The molecule has 0 aliphatic carbocycles. The summed E-state index contributed by atoms with van der Waals surface area (Å²) in [5.74, 6) is 0. The summed E-state index contributed by atoms with van der Waals surface area (Å²) in [7, 11) is 1.77. The number of hydrogen-bond donors (Lipinski definition) is 2. The van der Waals surface area contributed by atoms with Gasteiger partial charge in [0.15, 0.2) is 0 Å². The Morgan fingerprint density at radius 1 is 0.833 bits per heavy atom. The Labute approximate surface area is 113 Å². The Morgan fingerprint density at radius 3 is 1.67 bits per heavy atom. The minimum atomic E-state index is 0.0129. The van der Waals surface area contributed by atoms with Crippen LogP contribution < -0.4 is 0 Å². The van der Waals surface area contributed by atoms with E-state index in [9.17, 15) is 0 Å². The Morgan fingerprint density at radius 2 is 1.33 bits per heavy atom. The van der Waals surface area contributed by atoms with Gasteiger partial charge < -0.3 is 24.4 Å². The van der Waals surface area contributed by atoms with Crippen LogP contribution >= 0.6 is 0 Å². The van der Waals surface area contributed by atoms with Gasteiger partial charge in [-0.3, -0.25) is 0 Å². The van der Waals surface area contributed by atoms with Crippen molar-refractivity contribution >= 4 is 8.80 Å². The van der Waals surface area contributed by atoms with E-state index < -0.39 is 0 Å². The first-order chi connectivity index (χ1) is 8.68. The monoisotopic (exact) mass is 281 g/mol. The molecular formula is C12H29O5Si. The van der Waals surface area contributed by atoms with Gasteiger partial charge in [0.05, 0.1) is 39.6 Å². The number of rotatable bonds is 11. The predicted molar refractivity (Wildman–Crippen MR) is 74.6 cm³/mol. The Hall–Kier alpha value is 0.0169. The van der Waals surface area contributed by atoms with Crippen LogP contribution in [0.15, 0.2) is 0 Å². The molecule has 18 heavy (non-hydrogen) atoms. The number of methoxy groups -OCH3 is 1. The topological polar surface area (TPSA) is 68.2 Å². The molecular weight excluding hydrogens is 252 g/mol. The maximum atomic E-state index is 8.26. The average molecular weight is 281 g/mol. The van der Waals surface area contributed by atoms with Gasteiger partial charge in [0.1, 0.15) is 0 Å². The first-order valence-corrected chi connectivity index (χ1v) is 9.04. The largest absolute Gasteiger partial charge is 0.394 e. The van der Waals surface area contributed by atoms with Crippen molar-refractivity contribution in [3.05, 3.63) is 0 Å². The predicted octanol–water partition coefficient (Wildman–Crippen LogP) is 0.781. The van der Waals surface area contributed by atoms with Gasteiger partial charge >= 0.3 is 0 Å². The molecule has 0 saturated heterocycles. The summed E-state index contributed by atoms with van der Waals surface area (Å²) in [6.45, 7) is 7.34. The number of aliphatic hydroxyl groups is 2. The summed E-state index contributed by atoms with van der Waals surface area (Å²) in [5.41, 5.74) is 0. The Bertz CT molecular complexity index is 128. The van der Waals surface area contributed by atoms with Crippen molar-refractivity contribution in [1.29, 1.82) is 0 Å². The Balaban J connectivity index is 0. The molecule has 0 atom stereocenters. The second-order valence-electron chi connectivity index (χ2n) is 3.98. The van der Waals surface area contributed by atoms with Crippen molar-refractivity contribution in [2.24, 2.45) is 0 Å². The molecule has 2 N–H and O–H groups in total. The van der Waals surface area contributed by atoms with Gasteiger partial charge in [-0.05, 0) is 6.42 Å². The highest BCUT2D eigenvalue weighted by atomic mass is 28.3. The molecule has 1 radical (unpaired) electrons. The van der Waals surface area contributed by atoms with Crippen molar-refractivity contribution in [3.63, 3.8) is 0 Å². The molecule has 0 unspecified atom stereocenters. The number of aliphatic hydroxyl groups excluding tert-OH is 2. The van der Waals surface area contributed by atoms with E-state index in [-0.39, 0.29) is 22.0 Å². The van der Waals surface area contributed by atoms with Gasteiger partial charge in [0.2, 0.25) is 0 Å². The third-order valence-corrected chi connectivity index (χ3v) is 3.22. The Kier molecular flexibility index (Phi) is 21.9. The van der Waals surface area contributed by atoms with Crippen molar-refractivity contribution in [3.8, 4) is 0 Å². The lowest BCUT2D eigenvalue weighted by Gasteiger charge is -2.01. The summed E-state index contributed by atoms with van der Waals surface area (Å²) in [6.07, 6.45) is 1.25. The smallest absolute Gasteiger partial charge is 0.0701 e. The molecule has 0 aliphatic rings. The summed E-state index contributed by atoms with van der Waals surface area (Å²) in [6, 6.07) is 1.39. The van der Waals surface area contributed by atoms with Crippen LogP contribution in [-0.4, -0.2) is 72.4 Å². The number of hydrogen-bond acceptors (Lipinski definition) is 5. The fourth-order valence-corrected chi connectivity index (χ4v) is 1.87. The van der Waals surface area contributed by atoms with E-state index in [1.807, 2.05) is 0 Å². The maximum Gasteiger partial charge on any atom is 0.0701 e. The highest BCUT2D eigenvalue weighted by Gasteiger charge is 1.93. The fourth-order valence-electron chi connectivity index (χ4n) is 1.02. The van der Waals surface area contributed by atoms with E-state index in [0.29, 0.717) is 26.4 Å². The van der Waals surface area contributed by atoms with Gasteiger partial charge in [0, 0.05) is 22.5 Å². The van der Waals surface area contributed by atoms with Gasteiger partial charge in [-0.25, -0.2) is 0 Å².